The second kappa shape index (κ2) is 5.19. The lowest BCUT2D eigenvalue weighted by Gasteiger charge is -2.17. The van der Waals surface area contributed by atoms with Crippen LogP contribution < -0.4 is 0 Å². The van der Waals surface area contributed by atoms with Gasteiger partial charge < -0.3 is 5.11 Å². The van der Waals surface area contributed by atoms with E-state index in [1.807, 2.05) is 11.4 Å². The smallest absolute Gasteiger partial charge is 0.346 e. The number of carboxylic acids is 1. The van der Waals surface area contributed by atoms with E-state index in [1.165, 1.54) is 17.8 Å². The van der Waals surface area contributed by atoms with Crippen molar-refractivity contribution in [1.29, 1.82) is 0 Å². The number of carbonyl (C=O) groups is 1. The molecule has 0 bridgehead atoms. The lowest BCUT2D eigenvalue weighted by molar-refractivity contribution is 0.0700. The molecule has 1 fully saturated rings. The Bertz CT molecular complexity index is 400. The van der Waals surface area contributed by atoms with Crippen molar-refractivity contribution in [3.63, 3.8) is 0 Å². The molecule has 1 aliphatic rings. The highest BCUT2D eigenvalue weighted by atomic mass is 32.1. The first-order valence-corrected chi connectivity index (χ1v) is 6.98. The standard InChI is InChI=1S/C13H19NO2S/c1-9(2)10-3-5-14(7-10)8-11-4-6-17-12(11)13(15)16/h4,6,9-10H,3,5,7-8H2,1-2H3,(H,15,16). The van der Waals surface area contributed by atoms with Gasteiger partial charge in [-0.05, 0) is 41.8 Å². The molecule has 0 spiro atoms. The molecule has 1 aromatic rings. The summed E-state index contributed by atoms with van der Waals surface area (Å²) in [6.07, 6.45) is 1.24. The minimum Gasteiger partial charge on any atom is -0.477 e. The predicted octanol–water partition coefficient (Wildman–Crippen LogP) is 2.92. The maximum Gasteiger partial charge on any atom is 0.346 e. The molecule has 17 heavy (non-hydrogen) atoms. The van der Waals surface area contributed by atoms with Crippen molar-refractivity contribution in [2.45, 2.75) is 26.8 Å². The van der Waals surface area contributed by atoms with Crippen molar-refractivity contribution < 1.29 is 9.90 Å². The van der Waals surface area contributed by atoms with E-state index in [0.717, 1.165) is 37.0 Å². The summed E-state index contributed by atoms with van der Waals surface area (Å²) in [4.78, 5) is 13.9. The van der Waals surface area contributed by atoms with Gasteiger partial charge in [-0.3, -0.25) is 4.90 Å². The lowest BCUT2D eigenvalue weighted by Crippen LogP contribution is -2.22. The zero-order valence-electron chi connectivity index (χ0n) is 10.3. The van der Waals surface area contributed by atoms with E-state index in [2.05, 4.69) is 18.7 Å². The monoisotopic (exact) mass is 253 g/mol. The number of nitrogens with zero attached hydrogens (tertiary/aromatic N) is 1. The number of hydrogen-bond acceptors (Lipinski definition) is 3. The summed E-state index contributed by atoms with van der Waals surface area (Å²) in [5.41, 5.74) is 0.965. The summed E-state index contributed by atoms with van der Waals surface area (Å²) in [5.74, 6) is 0.693. The summed E-state index contributed by atoms with van der Waals surface area (Å²) in [6.45, 7) is 7.52. The van der Waals surface area contributed by atoms with Crippen LogP contribution in [0.2, 0.25) is 0 Å². The predicted molar refractivity (Wildman–Crippen MR) is 69.5 cm³/mol. The summed E-state index contributed by atoms with van der Waals surface area (Å²) in [5, 5.41) is 10.9. The minimum absolute atomic E-state index is 0.498. The van der Waals surface area contributed by atoms with Crippen LogP contribution in [0.1, 0.15) is 35.5 Å². The molecule has 0 saturated carbocycles. The Labute approximate surface area is 106 Å². The van der Waals surface area contributed by atoms with Crippen LogP contribution in [0.25, 0.3) is 0 Å². The molecule has 1 aromatic heterocycles. The largest absolute Gasteiger partial charge is 0.477 e. The van der Waals surface area contributed by atoms with Crippen LogP contribution >= 0.6 is 11.3 Å². The van der Waals surface area contributed by atoms with Gasteiger partial charge in [0.15, 0.2) is 0 Å². The van der Waals surface area contributed by atoms with Gasteiger partial charge in [-0.15, -0.1) is 11.3 Å². The van der Waals surface area contributed by atoms with Crippen molar-refractivity contribution in [3.05, 3.63) is 21.9 Å². The summed E-state index contributed by atoms with van der Waals surface area (Å²) >= 11 is 1.32. The maximum atomic E-state index is 11.0. The molecule has 1 aliphatic heterocycles. The van der Waals surface area contributed by atoms with E-state index in [-0.39, 0.29) is 0 Å². The third-order valence-corrected chi connectivity index (χ3v) is 4.53. The van der Waals surface area contributed by atoms with Crippen LogP contribution in [0.15, 0.2) is 11.4 Å². The first kappa shape index (κ1) is 12.6. The Balaban J connectivity index is 1.98. The van der Waals surface area contributed by atoms with Crippen LogP contribution in [0.3, 0.4) is 0 Å². The number of rotatable bonds is 4. The molecule has 1 unspecified atom stereocenters. The number of carboxylic acid groups (broad SMARTS) is 1. The molecule has 1 saturated heterocycles. The number of likely N-dealkylation sites (tertiary alicyclic amines) is 1. The molecule has 1 N–H and O–H groups in total. The summed E-state index contributed by atoms with van der Waals surface area (Å²) in [7, 11) is 0. The Hall–Kier alpha value is -0.870. The highest BCUT2D eigenvalue weighted by Gasteiger charge is 2.25. The van der Waals surface area contributed by atoms with Crippen LogP contribution in [0, 0.1) is 11.8 Å². The van der Waals surface area contributed by atoms with Crippen molar-refractivity contribution in [2.75, 3.05) is 13.1 Å². The van der Waals surface area contributed by atoms with Crippen LogP contribution in [0.4, 0.5) is 0 Å². The molecule has 3 nitrogen and oxygen atoms in total. The molecule has 4 heteroatoms. The zero-order valence-corrected chi connectivity index (χ0v) is 11.2. The average Bonchev–Trinajstić information content (AvgIpc) is 2.86. The van der Waals surface area contributed by atoms with Crippen molar-refractivity contribution in [1.82, 2.24) is 4.90 Å². The highest BCUT2D eigenvalue weighted by molar-refractivity contribution is 7.12. The molecule has 1 atom stereocenters. The van der Waals surface area contributed by atoms with E-state index in [4.69, 9.17) is 5.11 Å². The van der Waals surface area contributed by atoms with Gasteiger partial charge in [0.25, 0.3) is 0 Å². The summed E-state index contributed by atoms with van der Waals surface area (Å²) < 4.78 is 0. The fourth-order valence-corrected chi connectivity index (χ4v) is 3.19. The second-order valence-electron chi connectivity index (χ2n) is 5.11. The number of aromatic carboxylic acids is 1. The Morgan fingerprint density at radius 3 is 3.00 bits per heavy atom. The lowest BCUT2D eigenvalue weighted by atomic mass is 9.95. The van der Waals surface area contributed by atoms with E-state index in [9.17, 15) is 4.79 Å². The van der Waals surface area contributed by atoms with Gasteiger partial charge in [-0.2, -0.15) is 0 Å². The molecular weight excluding hydrogens is 234 g/mol. The van der Waals surface area contributed by atoms with E-state index in [1.54, 1.807) is 0 Å². The quantitative estimate of drug-likeness (QED) is 0.897. The van der Waals surface area contributed by atoms with Crippen LogP contribution in [-0.2, 0) is 6.54 Å². The fourth-order valence-electron chi connectivity index (χ4n) is 2.44. The van der Waals surface area contributed by atoms with Crippen molar-refractivity contribution in [3.8, 4) is 0 Å². The van der Waals surface area contributed by atoms with Crippen LogP contribution in [0.5, 0.6) is 0 Å². The number of thiophene rings is 1. The maximum absolute atomic E-state index is 11.0. The Kier molecular flexibility index (Phi) is 3.84. The van der Waals surface area contributed by atoms with Gasteiger partial charge in [0.2, 0.25) is 0 Å². The van der Waals surface area contributed by atoms with E-state index < -0.39 is 5.97 Å². The topological polar surface area (TPSA) is 40.5 Å². The van der Waals surface area contributed by atoms with Gasteiger partial charge in [0, 0.05) is 13.1 Å². The van der Waals surface area contributed by atoms with E-state index >= 15 is 0 Å². The molecule has 2 heterocycles. The van der Waals surface area contributed by atoms with Gasteiger partial charge in [0.05, 0.1) is 0 Å². The second-order valence-corrected chi connectivity index (χ2v) is 6.02. The normalized spacial score (nSPS) is 21.2. The van der Waals surface area contributed by atoms with Gasteiger partial charge in [-0.1, -0.05) is 13.8 Å². The Morgan fingerprint density at radius 2 is 2.41 bits per heavy atom. The first-order valence-electron chi connectivity index (χ1n) is 6.10. The third kappa shape index (κ3) is 2.87. The molecular formula is C13H19NO2S. The third-order valence-electron chi connectivity index (χ3n) is 3.59. The van der Waals surface area contributed by atoms with Gasteiger partial charge in [-0.25, -0.2) is 4.79 Å². The molecule has 2 rings (SSSR count). The van der Waals surface area contributed by atoms with Crippen molar-refractivity contribution >= 4 is 17.3 Å². The zero-order chi connectivity index (χ0) is 12.4. The minimum atomic E-state index is -0.797. The van der Waals surface area contributed by atoms with Crippen molar-refractivity contribution in [2.24, 2.45) is 11.8 Å². The van der Waals surface area contributed by atoms with Gasteiger partial charge >= 0.3 is 5.97 Å². The SMILES string of the molecule is CC(C)C1CCN(Cc2ccsc2C(=O)O)C1. The number of hydrogen-bond donors (Lipinski definition) is 1. The molecule has 94 valence electrons. The van der Waals surface area contributed by atoms with Crippen LogP contribution in [-0.4, -0.2) is 29.1 Å². The highest BCUT2D eigenvalue weighted by Crippen LogP contribution is 2.26. The molecule has 0 aromatic carbocycles. The van der Waals surface area contributed by atoms with Gasteiger partial charge in [0.1, 0.15) is 4.88 Å². The summed E-state index contributed by atoms with van der Waals surface area (Å²) in [6, 6.07) is 1.94. The average molecular weight is 253 g/mol. The fraction of sp³-hybridized carbons (Fsp3) is 0.615. The first-order chi connectivity index (χ1) is 8.08. The molecule has 0 amide bonds. The molecule has 0 radical (unpaired) electrons. The Morgan fingerprint density at radius 1 is 1.65 bits per heavy atom. The molecule has 0 aliphatic carbocycles. The van der Waals surface area contributed by atoms with E-state index in [0.29, 0.717) is 4.88 Å².